The van der Waals surface area contributed by atoms with Gasteiger partial charge in [-0.3, -0.25) is 0 Å². The molecule has 2 N–H and O–H groups in total. The third-order valence-electron chi connectivity index (χ3n) is 3.20. The van der Waals surface area contributed by atoms with Crippen LogP contribution in [0.5, 0.6) is 11.5 Å². The van der Waals surface area contributed by atoms with Crippen LogP contribution in [0.3, 0.4) is 0 Å². The smallest absolute Gasteiger partial charge is 0.122 e. The lowest BCUT2D eigenvalue weighted by Crippen LogP contribution is -2.25. The van der Waals surface area contributed by atoms with Crippen molar-refractivity contribution in [2.75, 3.05) is 27.4 Å². The average Bonchev–Trinajstić information content (AvgIpc) is 2.40. The maximum absolute atomic E-state index is 5.84. The number of hydrogen-bond acceptors (Lipinski definition) is 4. The molecule has 0 heterocycles. The van der Waals surface area contributed by atoms with Gasteiger partial charge in [0.05, 0.1) is 19.3 Å². The molecule has 0 bridgehead atoms. The summed E-state index contributed by atoms with van der Waals surface area (Å²) in [6.45, 7) is 5.30. The zero-order valence-electron chi connectivity index (χ0n) is 12.4. The fraction of sp³-hybridized carbons (Fsp3) is 0.600. The predicted molar refractivity (Wildman–Crippen MR) is 77.0 cm³/mol. The Balaban J connectivity index is 2.66. The molecule has 4 nitrogen and oxygen atoms in total. The average molecular weight is 267 g/mol. The number of benzene rings is 1. The zero-order valence-corrected chi connectivity index (χ0v) is 12.4. The molecule has 0 radical (unpaired) electrons. The molecule has 0 saturated carbocycles. The maximum atomic E-state index is 5.84. The lowest BCUT2D eigenvalue weighted by Gasteiger charge is -2.23. The molecule has 0 atom stereocenters. The Morgan fingerprint density at radius 3 is 2.53 bits per heavy atom. The van der Waals surface area contributed by atoms with Gasteiger partial charge in [-0.15, -0.1) is 0 Å². The minimum Gasteiger partial charge on any atom is -0.497 e. The normalized spacial score (nSPS) is 11.4. The van der Waals surface area contributed by atoms with Crippen LogP contribution in [-0.2, 0) is 11.2 Å². The third kappa shape index (κ3) is 5.09. The molecule has 0 fully saturated rings. The quantitative estimate of drug-likeness (QED) is 0.785. The van der Waals surface area contributed by atoms with Crippen molar-refractivity contribution in [3.05, 3.63) is 23.8 Å². The van der Waals surface area contributed by atoms with Gasteiger partial charge in [-0.2, -0.15) is 0 Å². The topological polar surface area (TPSA) is 53.7 Å². The van der Waals surface area contributed by atoms with Crippen LogP contribution in [0.4, 0.5) is 0 Å². The summed E-state index contributed by atoms with van der Waals surface area (Å²) in [5, 5.41) is 0. The van der Waals surface area contributed by atoms with Crippen LogP contribution in [0, 0.1) is 0 Å². The summed E-state index contributed by atoms with van der Waals surface area (Å²) < 4.78 is 16.4. The van der Waals surface area contributed by atoms with Crippen molar-refractivity contribution >= 4 is 0 Å². The Labute approximate surface area is 115 Å². The Hall–Kier alpha value is -1.26. The van der Waals surface area contributed by atoms with Crippen molar-refractivity contribution in [1.29, 1.82) is 0 Å². The molecule has 0 amide bonds. The first kappa shape index (κ1) is 15.8. The Morgan fingerprint density at radius 1 is 1.21 bits per heavy atom. The van der Waals surface area contributed by atoms with Gasteiger partial charge in [-0.05, 0) is 50.6 Å². The van der Waals surface area contributed by atoms with Crippen LogP contribution in [0.15, 0.2) is 18.2 Å². The number of ether oxygens (including phenoxy) is 3. The van der Waals surface area contributed by atoms with Crippen LogP contribution in [0.25, 0.3) is 0 Å². The summed E-state index contributed by atoms with van der Waals surface area (Å²) in [6, 6.07) is 5.81. The highest BCUT2D eigenvalue weighted by atomic mass is 16.5. The minimum absolute atomic E-state index is 0.166. The largest absolute Gasteiger partial charge is 0.497 e. The molecule has 1 aromatic rings. The van der Waals surface area contributed by atoms with E-state index in [9.17, 15) is 0 Å². The Morgan fingerprint density at radius 2 is 1.95 bits per heavy atom. The number of hydrogen-bond donors (Lipinski definition) is 1. The molecule has 19 heavy (non-hydrogen) atoms. The van der Waals surface area contributed by atoms with Gasteiger partial charge in [0.15, 0.2) is 0 Å². The highest BCUT2D eigenvalue weighted by Gasteiger charge is 2.16. The molecule has 0 spiro atoms. The van der Waals surface area contributed by atoms with E-state index in [0.717, 1.165) is 29.9 Å². The lowest BCUT2D eigenvalue weighted by atomic mass is 10.1. The summed E-state index contributed by atoms with van der Waals surface area (Å²) in [6.07, 6.45) is 1.61. The standard InChI is InChI=1S/C15H25NO3/c1-15(2,18-4)8-10-19-14-6-5-13(17-3)11-12(14)7-9-16/h5-6,11H,7-10,16H2,1-4H3. The molecule has 0 aliphatic heterocycles. The molecule has 1 aromatic carbocycles. The Bertz CT molecular complexity index is 391. The molecule has 1 rings (SSSR count). The van der Waals surface area contributed by atoms with E-state index < -0.39 is 0 Å². The summed E-state index contributed by atoms with van der Waals surface area (Å²) in [4.78, 5) is 0. The van der Waals surface area contributed by atoms with Gasteiger partial charge in [-0.1, -0.05) is 0 Å². The van der Waals surface area contributed by atoms with Crippen molar-refractivity contribution in [2.24, 2.45) is 5.73 Å². The molecule has 0 aliphatic rings. The summed E-state index contributed by atoms with van der Waals surface area (Å²) in [5.74, 6) is 1.70. The molecular weight excluding hydrogens is 242 g/mol. The minimum atomic E-state index is -0.166. The molecule has 0 unspecified atom stereocenters. The number of methoxy groups -OCH3 is 2. The van der Waals surface area contributed by atoms with Crippen molar-refractivity contribution < 1.29 is 14.2 Å². The molecule has 4 heteroatoms. The van der Waals surface area contributed by atoms with Gasteiger partial charge < -0.3 is 19.9 Å². The molecule has 0 aliphatic carbocycles. The fourth-order valence-corrected chi connectivity index (χ4v) is 1.68. The second kappa shape index (κ2) is 7.36. The lowest BCUT2D eigenvalue weighted by molar-refractivity contribution is 0.00537. The maximum Gasteiger partial charge on any atom is 0.122 e. The van der Waals surface area contributed by atoms with E-state index in [2.05, 4.69) is 0 Å². The number of rotatable bonds is 8. The van der Waals surface area contributed by atoms with E-state index in [1.807, 2.05) is 32.0 Å². The van der Waals surface area contributed by atoms with Gasteiger partial charge in [0.2, 0.25) is 0 Å². The van der Waals surface area contributed by atoms with Gasteiger partial charge in [-0.25, -0.2) is 0 Å². The molecular formula is C15H25NO3. The molecule has 0 aromatic heterocycles. The first-order valence-corrected chi connectivity index (χ1v) is 6.57. The van der Waals surface area contributed by atoms with Gasteiger partial charge >= 0.3 is 0 Å². The van der Waals surface area contributed by atoms with E-state index in [1.165, 1.54) is 0 Å². The van der Waals surface area contributed by atoms with Crippen LogP contribution in [0.2, 0.25) is 0 Å². The Kier molecular flexibility index (Phi) is 6.12. The van der Waals surface area contributed by atoms with Crippen molar-refractivity contribution in [1.82, 2.24) is 0 Å². The van der Waals surface area contributed by atoms with Gasteiger partial charge in [0.1, 0.15) is 11.5 Å². The highest BCUT2D eigenvalue weighted by Crippen LogP contribution is 2.25. The van der Waals surface area contributed by atoms with Crippen LogP contribution >= 0.6 is 0 Å². The van der Waals surface area contributed by atoms with Crippen LogP contribution < -0.4 is 15.2 Å². The van der Waals surface area contributed by atoms with E-state index in [1.54, 1.807) is 14.2 Å². The van der Waals surface area contributed by atoms with E-state index >= 15 is 0 Å². The van der Waals surface area contributed by atoms with Crippen molar-refractivity contribution in [3.63, 3.8) is 0 Å². The first-order valence-electron chi connectivity index (χ1n) is 6.57. The number of nitrogens with two attached hydrogens (primary N) is 1. The van der Waals surface area contributed by atoms with Gasteiger partial charge in [0.25, 0.3) is 0 Å². The van der Waals surface area contributed by atoms with E-state index in [-0.39, 0.29) is 5.60 Å². The highest BCUT2D eigenvalue weighted by molar-refractivity contribution is 5.40. The van der Waals surface area contributed by atoms with E-state index in [0.29, 0.717) is 13.2 Å². The predicted octanol–water partition coefficient (Wildman–Crippen LogP) is 2.39. The SMILES string of the molecule is COc1ccc(OCCC(C)(C)OC)c(CCN)c1. The summed E-state index contributed by atoms with van der Waals surface area (Å²) in [7, 11) is 3.37. The zero-order chi connectivity index (χ0) is 14.3. The van der Waals surface area contributed by atoms with Crippen molar-refractivity contribution in [3.8, 4) is 11.5 Å². The van der Waals surface area contributed by atoms with Crippen LogP contribution in [-0.4, -0.2) is 33.0 Å². The summed E-state index contributed by atoms with van der Waals surface area (Å²) in [5.41, 5.74) is 6.54. The monoisotopic (exact) mass is 267 g/mol. The fourth-order valence-electron chi connectivity index (χ4n) is 1.68. The van der Waals surface area contributed by atoms with Crippen LogP contribution in [0.1, 0.15) is 25.8 Å². The first-order chi connectivity index (χ1) is 9.02. The molecule has 0 saturated heterocycles. The van der Waals surface area contributed by atoms with E-state index in [4.69, 9.17) is 19.9 Å². The third-order valence-corrected chi connectivity index (χ3v) is 3.20. The van der Waals surface area contributed by atoms with Gasteiger partial charge in [0, 0.05) is 13.5 Å². The second-order valence-electron chi connectivity index (χ2n) is 5.07. The second-order valence-corrected chi connectivity index (χ2v) is 5.07. The summed E-state index contributed by atoms with van der Waals surface area (Å²) >= 11 is 0. The molecule has 108 valence electrons. The van der Waals surface area contributed by atoms with Crippen molar-refractivity contribution in [2.45, 2.75) is 32.3 Å².